The molecule has 0 bridgehead atoms. The Bertz CT molecular complexity index is 1450. The number of hydrogen-bond donors (Lipinski definition) is 0. The minimum Gasteiger partial charge on any atom is -1.00 e. The summed E-state index contributed by atoms with van der Waals surface area (Å²) in [6, 6.07) is 41.5. The summed E-state index contributed by atoms with van der Waals surface area (Å²) in [4.78, 5) is 0. The van der Waals surface area contributed by atoms with Gasteiger partial charge >= 0.3 is 250 Å². The topological polar surface area (TPSA) is 0 Å². The molecule has 0 heterocycles. The fourth-order valence-corrected chi connectivity index (χ4v) is 17.6. The molecule has 0 saturated heterocycles. The first kappa shape index (κ1) is 32.6. The minimum absolute atomic E-state index is 0. The van der Waals surface area contributed by atoms with Crippen LogP contribution in [0.4, 0.5) is 0 Å². The first-order valence-electron chi connectivity index (χ1n) is 15.2. The fourth-order valence-electron chi connectivity index (χ4n) is 6.87. The van der Waals surface area contributed by atoms with E-state index < -0.39 is 21.3 Å². The zero-order valence-electron chi connectivity index (χ0n) is 24.7. The molecule has 3 heteroatoms. The van der Waals surface area contributed by atoms with Gasteiger partial charge in [0.05, 0.1) is 0 Å². The Labute approximate surface area is 273 Å². The average molecular weight is 671 g/mol. The maximum atomic E-state index is 2.58. The van der Waals surface area contributed by atoms with E-state index in [9.17, 15) is 0 Å². The van der Waals surface area contributed by atoms with Gasteiger partial charge in [0.25, 0.3) is 0 Å². The third-order valence-corrected chi connectivity index (χ3v) is 18.0. The molecule has 4 aromatic rings. The normalized spacial score (nSPS) is 16.1. The van der Waals surface area contributed by atoms with E-state index in [1.807, 2.05) is 0 Å². The number of rotatable bonds is 10. The van der Waals surface area contributed by atoms with Gasteiger partial charge in [-0.2, -0.15) is 0 Å². The van der Waals surface area contributed by atoms with E-state index in [1.54, 1.807) is 25.5 Å². The van der Waals surface area contributed by atoms with Crippen LogP contribution < -0.4 is 24.8 Å². The number of hydrogen-bond acceptors (Lipinski definition) is 0. The van der Waals surface area contributed by atoms with Crippen molar-refractivity contribution in [1.82, 2.24) is 0 Å². The molecule has 4 aromatic carbocycles. The van der Waals surface area contributed by atoms with Crippen molar-refractivity contribution in [2.24, 2.45) is 0 Å². The predicted octanol–water partition coefficient (Wildman–Crippen LogP) is 4.54. The van der Waals surface area contributed by atoms with Crippen molar-refractivity contribution in [3.63, 3.8) is 0 Å². The van der Waals surface area contributed by atoms with E-state index in [4.69, 9.17) is 0 Å². The molecule has 2 unspecified atom stereocenters. The predicted molar refractivity (Wildman–Crippen MR) is 169 cm³/mol. The van der Waals surface area contributed by atoms with Crippen LogP contribution >= 0.6 is 0 Å². The molecule has 0 amide bonds. The molecule has 2 atom stereocenters. The Morgan fingerprint density at radius 1 is 0.524 bits per heavy atom. The van der Waals surface area contributed by atoms with Crippen molar-refractivity contribution in [1.29, 1.82) is 0 Å². The second-order valence-electron chi connectivity index (χ2n) is 11.3. The summed E-state index contributed by atoms with van der Waals surface area (Å²) in [6.07, 6.45) is 12.6. The number of unbranched alkanes of at least 4 members (excludes halogenated alkanes) is 2. The second kappa shape index (κ2) is 15.4. The van der Waals surface area contributed by atoms with Gasteiger partial charge in [-0.1, -0.05) is 0 Å². The molecule has 0 saturated carbocycles. The quantitative estimate of drug-likeness (QED) is 0.233. The Morgan fingerprint density at radius 2 is 0.905 bits per heavy atom. The molecule has 2 aliphatic carbocycles. The zero-order chi connectivity index (χ0) is 27.3. The van der Waals surface area contributed by atoms with Crippen LogP contribution in [-0.4, -0.2) is 3.21 Å². The average Bonchev–Trinajstić information content (AvgIpc) is 3.56. The summed E-state index contributed by atoms with van der Waals surface area (Å²) in [5.41, 5.74) is 12.4. The molecule has 0 fully saturated rings. The van der Waals surface area contributed by atoms with Crippen molar-refractivity contribution in [3.05, 3.63) is 154 Å². The number of allylic oxidation sites excluding steroid dienone is 2. The molecule has 0 nitrogen and oxygen atoms in total. The monoisotopic (exact) mass is 668 g/mol. The molecule has 2 aliphatic rings. The molecule has 6 rings (SSSR count). The van der Waals surface area contributed by atoms with Crippen LogP contribution in [0.2, 0.25) is 0 Å². The Balaban J connectivity index is 0.00000202. The molecule has 0 N–H and O–H groups in total. The molecule has 0 spiro atoms. The maximum Gasteiger partial charge on any atom is -1.00 e. The van der Waals surface area contributed by atoms with E-state index in [-0.39, 0.29) is 24.8 Å². The van der Waals surface area contributed by atoms with E-state index in [2.05, 4.69) is 135 Å². The minimum atomic E-state index is -2.67. The number of benzene rings is 4. The van der Waals surface area contributed by atoms with Crippen molar-refractivity contribution in [2.75, 3.05) is 0 Å². The molecule has 0 radical (unpaired) electrons. The molecule has 0 aromatic heterocycles. The van der Waals surface area contributed by atoms with Crippen LogP contribution in [0.15, 0.2) is 120 Å². The van der Waals surface area contributed by atoms with Gasteiger partial charge in [0.15, 0.2) is 0 Å². The van der Waals surface area contributed by atoms with Gasteiger partial charge in [0.1, 0.15) is 0 Å². The largest absolute Gasteiger partial charge is 1.00 e. The van der Waals surface area contributed by atoms with Gasteiger partial charge in [0.2, 0.25) is 0 Å². The van der Waals surface area contributed by atoms with Gasteiger partial charge in [-0.05, 0) is 0 Å². The van der Waals surface area contributed by atoms with E-state index in [1.165, 1.54) is 60.8 Å². The fraction of sp³-hybridized carbons (Fsp3) is 0.256. The second-order valence-corrected chi connectivity index (χ2v) is 17.6. The van der Waals surface area contributed by atoms with Crippen LogP contribution in [0, 0.1) is 0 Å². The van der Waals surface area contributed by atoms with E-state index >= 15 is 0 Å². The Hall–Kier alpha value is -2.31. The van der Waals surface area contributed by atoms with Crippen LogP contribution in [0.1, 0.15) is 93.0 Å². The summed E-state index contributed by atoms with van der Waals surface area (Å²) in [5, 5.41) is 0. The summed E-state index contributed by atoms with van der Waals surface area (Å²) >= 11 is -2.67. The molecular weight excluding hydrogens is 631 g/mol. The van der Waals surface area contributed by atoms with Gasteiger partial charge in [-0.15, -0.1) is 0 Å². The summed E-state index contributed by atoms with van der Waals surface area (Å²) < 4.78 is 2.76. The summed E-state index contributed by atoms with van der Waals surface area (Å²) in [7, 11) is 0. The number of fused-ring (bicyclic) bond motifs is 2. The SMILES string of the molecule is CCCCC1=Cc2ccccc2[CH]1[Zr+2](=[C](c1ccccc1)c1ccccc1)[CH]1C(CCCC)=Cc2ccccc21.[Cl-].[Cl-]. The third-order valence-electron chi connectivity index (χ3n) is 8.71. The van der Waals surface area contributed by atoms with Crippen LogP contribution in [0.5, 0.6) is 0 Å². The van der Waals surface area contributed by atoms with Crippen LogP contribution in [0.25, 0.3) is 12.2 Å². The van der Waals surface area contributed by atoms with Crippen LogP contribution in [-0.2, 0) is 21.3 Å². The van der Waals surface area contributed by atoms with Gasteiger partial charge < -0.3 is 24.8 Å². The van der Waals surface area contributed by atoms with Crippen molar-refractivity contribution < 1.29 is 46.1 Å². The molecule has 0 aliphatic heterocycles. The van der Waals surface area contributed by atoms with Gasteiger partial charge in [-0.25, -0.2) is 0 Å². The summed E-state index contributed by atoms with van der Waals surface area (Å²) in [6.45, 7) is 4.67. The first-order valence-corrected chi connectivity index (χ1v) is 19.3. The van der Waals surface area contributed by atoms with Crippen molar-refractivity contribution in [2.45, 2.75) is 59.6 Å². The van der Waals surface area contributed by atoms with Crippen molar-refractivity contribution >= 4 is 15.4 Å². The first-order chi connectivity index (χ1) is 19.8. The van der Waals surface area contributed by atoms with Crippen molar-refractivity contribution in [3.8, 4) is 0 Å². The summed E-state index contributed by atoms with van der Waals surface area (Å²) in [5.74, 6) is 0. The van der Waals surface area contributed by atoms with Gasteiger partial charge in [0, 0.05) is 0 Å². The molecule has 214 valence electrons. The Kier molecular flexibility index (Phi) is 12.0. The molecular formula is C39H40Cl2Zr. The third kappa shape index (κ3) is 6.60. The smallest absolute Gasteiger partial charge is 1.00 e. The maximum absolute atomic E-state index is 2.67. The number of halogens is 2. The zero-order valence-corrected chi connectivity index (χ0v) is 28.7. The molecule has 42 heavy (non-hydrogen) atoms. The standard InChI is InChI=1S/C13H10.2C13H15.2ClH.Zr/c1-3-7-12(8-4-1)11-13-9-5-2-6-10-13;2*1-2-3-6-11-9-12-7-4-5-8-13(12)10-11;;;/h1-10H;2*4-5,7-10H,2-3,6H2,1H3;2*1H;/q;;;;;+2/p-2. The van der Waals surface area contributed by atoms with E-state index in [0.717, 1.165) is 0 Å². The van der Waals surface area contributed by atoms with E-state index in [0.29, 0.717) is 7.25 Å². The van der Waals surface area contributed by atoms with Gasteiger partial charge in [-0.3, -0.25) is 0 Å². The van der Waals surface area contributed by atoms with Crippen LogP contribution in [0.3, 0.4) is 0 Å². The Morgan fingerprint density at radius 3 is 1.31 bits per heavy atom.